The lowest BCUT2D eigenvalue weighted by Gasteiger charge is -2.31. The summed E-state index contributed by atoms with van der Waals surface area (Å²) in [6.07, 6.45) is 2.95. The molecule has 6 nitrogen and oxygen atoms in total. The Balaban J connectivity index is 2.01. The van der Waals surface area contributed by atoms with Crippen LogP contribution < -0.4 is 5.32 Å². The Hall–Kier alpha value is -1.69. The number of halogens is 1. The number of aromatic nitrogens is 2. The highest BCUT2D eigenvalue weighted by Crippen LogP contribution is 2.17. The molecule has 0 aliphatic carbocycles. The number of rotatable bonds is 3. The molecule has 22 heavy (non-hydrogen) atoms. The van der Waals surface area contributed by atoms with Crippen molar-refractivity contribution in [3.05, 3.63) is 22.7 Å². The minimum Gasteiger partial charge on any atom is -0.348 e. The van der Waals surface area contributed by atoms with Gasteiger partial charge in [-0.2, -0.15) is 0 Å². The SMILES string of the molecule is CC(=O)N1CCC(NC(=O)c2nc(C(C)C)ncc2Cl)CC1. The molecule has 0 bridgehead atoms. The first-order chi connectivity index (χ1) is 10.4. The van der Waals surface area contributed by atoms with Crippen LogP contribution in [0.4, 0.5) is 0 Å². The zero-order valence-electron chi connectivity index (χ0n) is 13.1. The quantitative estimate of drug-likeness (QED) is 0.922. The summed E-state index contributed by atoms with van der Waals surface area (Å²) in [6, 6.07) is 0.0385. The van der Waals surface area contributed by atoms with E-state index in [9.17, 15) is 9.59 Å². The molecule has 1 aromatic rings. The molecule has 0 radical (unpaired) electrons. The average molecular weight is 325 g/mol. The summed E-state index contributed by atoms with van der Waals surface area (Å²) in [5, 5.41) is 3.20. The summed E-state index contributed by atoms with van der Waals surface area (Å²) in [4.78, 5) is 33.8. The van der Waals surface area contributed by atoms with E-state index in [1.165, 1.54) is 6.20 Å². The molecule has 2 amide bonds. The second-order valence-electron chi connectivity index (χ2n) is 5.83. The van der Waals surface area contributed by atoms with E-state index in [0.717, 1.165) is 12.8 Å². The Bertz CT molecular complexity index is 569. The van der Waals surface area contributed by atoms with Crippen molar-refractivity contribution in [3.8, 4) is 0 Å². The molecule has 1 aromatic heterocycles. The maximum Gasteiger partial charge on any atom is 0.271 e. The fraction of sp³-hybridized carbons (Fsp3) is 0.600. The van der Waals surface area contributed by atoms with E-state index in [0.29, 0.717) is 18.9 Å². The van der Waals surface area contributed by atoms with Crippen LogP contribution in [-0.2, 0) is 4.79 Å². The van der Waals surface area contributed by atoms with Gasteiger partial charge in [0.15, 0.2) is 0 Å². The molecular formula is C15H21ClN4O2. The van der Waals surface area contributed by atoms with Crippen molar-refractivity contribution in [2.75, 3.05) is 13.1 Å². The van der Waals surface area contributed by atoms with Crippen LogP contribution in [0.3, 0.4) is 0 Å². The fourth-order valence-corrected chi connectivity index (χ4v) is 2.59. The molecule has 0 atom stereocenters. The highest BCUT2D eigenvalue weighted by molar-refractivity contribution is 6.33. The number of hydrogen-bond acceptors (Lipinski definition) is 4. The van der Waals surface area contributed by atoms with E-state index >= 15 is 0 Å². The van der Waals surface area contributed by atoms with Gasteiger partial charge >= 0.3 is 0 Å². The van der Waals surface area contributed by atoms with Gasteiger partial charge in [0.1, 0.15) is 11.5 Å². The van der Waals surface area contributed by atoms with E-state index in [4.69, 9.17) is 11.6 Å². The van der Waals surface area contributed by atoms with Crippen LogP contribution in [-0.4, -0.2) is 45.8 Å². The van der Waals surface area contributed by atoms with Crippen molar-refractivity contribution in [3.63, 3.8) is 0 Å². The second kappa shape index (κ2) is 7.05. The largest absolute Gasteiger partial charge is 0.348 e. The summed E-state index contributed by atoms with van der Waals surface area (Å²) in [5.41, 5.74) is 0.217. The Morgan fingerprint density at radius 1 is 1.36 bits per heavy atom. The minimum atomic E-state index is -0.282. The minimum absolute atomic E-state index is 0.0385. The smallest absolute Gasteiger partial charge is 0.271 e. The third-order valence-electron chi connectivity index (χ3n) is 3.77. The van der Waals surface area contributed by atoms with Crippen LogP contribution in [0.5, 0.6) is 0 Å². The lowest BCUT2D eigenvalue weighted by molar-refractivity contribution is -0.129. The Morgan fingerprint density at radius 2 is 2.00 bits per heavy atom. The maximum absolute atomic E-state index is 12.4. The Morgan fingerprint density at radius 3 is 2.55 bits per heavy atom. The highest BCUT2D eigenvalue weighted by atomic mass is 35.5. The van der Waals surface area contributed by atoms with Crippen LogP contribution >= 0.6 is 11.6 Å². The first-order valence-corrected chi connectivity index (χ1v) is 7.85. The van der Waals surface area contributed by atoms with Crippen molar-refractivity contribution < 1.29 is 9.59 Å². The van der Waals surface area contributed by atoms with Gasteiger partial charge in [-0.05, 0) is 12.8 Å². The van der Waals surface area contributed by atoms with E-state index in [1.807, 2.05) is 13.8 Å². The van der Waals surface area contributed by atoms with Crippen molar-refractivity contribution in [1.82, 2.24) is 20.2 Å². The number of carbonyl (C=O) groups excluding carboxylic acids is 2. The van der Waals surface area contributed by atoms with Gasteiger partial charge in [-0.1, -0.05) is 25.4 Å². The Kier molecular flexibility index (Phi) is 5.34. The van der Waals surface area contributed by atoms with Crippen LogP contribution in [0.1, 0.15) is 55.8 Å². The number of nitrogens with one attached hydrogen (secondary N) is 1. The summed E-state index contributed by atoms with van der Waals surface area (Å²) in [7, 11) is 0. The van der Waals surface area contributed by atoms with Crippen LogP contribution in [0.25, 0.3) is 0 Å². The number of piperidine rings is 1. The normalized spacial score (nSPS) is 16.0. The van der Waals surface area contributed by atoms with Gasteiger partial charge in [0.25, 0.3) is 5.91 Å². The van der Waals surface area contributed by atoms with Crippen LogP contribution in [0, 0.1) is 0 Å². The highest BCUT2D eigenvalue weighted by Gasteiger charge is 2.24. The van der Waals surface area contributed by atoms with Crippen LogP contribution in [0.2, 0.25) is 5.02 Å². The van der Waals surface area contributed by atoms with E-state index < -0.39 is 0 Å². The molecule has 1 aliphatic heterocycles. The van der Waals surface area contributed by atoms with Crippen molar-refractivity contribution in [1.29, 1.82) is 0 Å². The topological polar surface area (TPSA) is 75.2 Å². The van der Waals surface area contributed by atoms with Gasteiger partial charge < -0.3 is 10.2 Å². The molecular weight excluding hydrogens is 304 g/mol. The maximum atomic E-state index is 12.4. The number of amides is 2. The van der Waals surface area contributed by atoms with Crippen LogP contribution in [0.15, 0.2) is 6.20 Å². The summed E-state index contributed by atoms with van der Waals surface area (Å²) < 4.78 is 0. The monoisotopic (exact) mass is 324 g/mol. The lowest BCUT2D eigenvalue weighted by atomic mass is 10.0. The van der Waals surface area contributed by atoms with Crippen molar-refractivity contribution in [2.45, 2.75) is 45.6 Å². The van der Waals surface area contributed by atoms with E-state index in [2.05, 4.69) is 15.3 Å². The van der Waals surface area contributed by atoms with Gasteiger partial charge in [-0.15, -0.1) is 0 Å². The predicted molar refractivity (Wildman–Crippen MR) is 83.9 cm³/mol. The summed E-state index contributed by atoms with van der Waals surface area (Å²) in [6.45, 7) is 6.81. The first-order valence-electron chi connectivity index (χ1n) is 7.47. The zero-order chi connectivity index (χ0) is 16.3. The average Bonchev–Trinajstić information content (AvgIpc) is 2.47. The van der Waals surface area contributed by atoms with Gasteiger partial charge in [0.05, 0.1) is 11.2 Å². The number of carbonyl (C=O) groups is 2. The fourth-order valence-electron chi connectivity index (χ4n) is 2.41. The van der Waals surface area contributed by atoms with Crippen molar-refractivity contribution >= 4 is 23.4 Å². The third kappa shape index (κ3) is 3.94. The molecule has 0 saturated carbocycles. The molecule has 0 aromatic carbocycles. The molecule has 1 saturated heterocycles. The first kappa shape index (κ1) is 16.7. The summed E-state index contributed by atoms with van der Waals surface area (Å²) >= 11 is 6.04. The van der Waals surface area contributed by atoms with Gasteiger partial charge in [-0.25, -0.2) is 9.97 Å². The van der Waals surface area contributed by atoms with Gasteiger partial charge in [0.2, 0.25) is 5.91 Å². The molecule has 120 valence electrons. The van der Waals surface area contributed by atoms with E-state index in [1.54, 1.807) is 11.8 Å². The molecule has 0 unspecified atom stereocenters. The number of likely N-dealkylation sites (tertiary alicyclic amines) is 1. The Labute approximate surface area is 135 Å². The predicted octanol–water partition coefficient (Wildman–Crippen LogP) is 1.99. The lowest BCUT2D eigenvalue weighted by Crippen LogP contribution is -2.46. The summed E-state index contributed by atoms with van der Waals surface area (Å²) in [5.74, 6) is 0.518. The number of nitrogens with zero attached hydrogens (tertiary/aromatic N) is 3. The van der Waals surface area contributed by atoms with Gasteiger partial charge in [0, 0.05) is 32.0 Å². The number of hydrogen-bond donors (Lipinski definition) is 1. The van der Waals surface area contributed by atoms with Crippen molar-refractivity contribution in [2.24, 2.45) is 0 Å². The van der Waals surface area contributed by atoms with E-state index in [-0.39, 0.29) is 34.5 Å². The molecule has 1 N–H and O–H groups in total. The van der Waals surface area contributed by atoms with Gasteiger partial charge in [-0.3, -0.25) is 9.59 Å². The molecule has 2 heterocycles. The molecule has 1 aliphatic rings. The molecule has 2 rings (SSSR count). The third-order valence-corrected chi connectivity index (χ3v) is 4.05. The zero-order valence-corrected chi connectivity index (χ0v) is 13.9. The molecule has 1 fully saturated rings. The standard InChI is InChI=1S/C15H21ClN4O2/c1-9(2)14-17-8-12(16)13(19-14)15(22)18-11-4-6-20(7-5-11)10(3)21/h8-9,11H,4-7H2,1-3H3,(H,18,22). The molecule has 0 spiro atoms. The second-order valence-corrected chi connectivity index (χ2v) is 6.24. The molecule has 7 heteroatoms.